The zero-order chi connectivity index (χ0) is 8.53. The summed E-state index contributed by atoms with van der Waals surface area (Å²) in [5.41, 5.74) is 0. The molecule has 0 aromatic rings. The standard InChI is InChI=1S/C6H14O5.Pb.2H/c7-1-3-10-6(5-9)11-4-2-8;;;/h6-9H,1-5H2;;;. The molecule has 0 aliphatic rings. The van der Waals surface area contributed by atoms with Crippen molar-refractivity contribution in [2.45, 2.75) is 6.29 Å². The van der Waals surface area contributed by atoms with E-state index < -0.39 is 6.29 Å². The second kappa shape index (κ2) is 11.7. The van der Waals surface area contributed by atoms with Crippen molar-refractivity contribution in [3.8, 4) is 0 Å². The quantitative estimate of drug-likeness (QED) is 0.336. The van der Waals surface area contributed by atoms with Gasteiger partial charge in [-0.25, -0.2) is 0 Å². The Kier molecular flexibility index (Phi) is 14.9. The predicted molar refractivity (Wildman–Crippen MR) is 45.5 cm³/mol. The Morgan fingerprint density at radius 3 is 1.58 bits per heavy atom. The van der Waals surface area contributed by atoms with Gasteiger partial charge in [0.05, 0.1) is 33.0 Å². The van der Waals surface area contributed by atoms with Crippen LogP contribution in [0.1, 0.15) is 0 Å². The maximum absolute atomic E-state index is 8.57. The summed E-state index contributed by atoms with van der Waals surface area (Å²) in [4.78, 5) is 0. The fourth-order valence-electron chi connectivity index (χ4n) is 0.522. The van der Waals surface area contributed by atoms with E-state index in [4.69, 9.17) is 24.8 Å². The van der Waals surface area contributed by atoms with Gasteiger partial charge in [-0.2, -0.15) is 0 Å². The molecule has 0 heterocycles. The van der Waals surface area contributed by atoms with Gasteiger partial charge in [-0.1, -0.05) is 0 Å². The summed E-state index contributed by atoms with van der Waals surface area (Å²) in [5.74, 6) is 0. The van der Waals surface area contributed by atoms with Gasteiger partial charge < -0.3 is 24.8 Å². The molecule has 74 valence electrons. The molecule has 0 rings (SSSR count). The number of rotatable bonds is 7. The molecule has 0 unspecified atom stereocenters. The average molecular weight is 375 g/mol. The minimum atomic E-state index is -0.741. The molecule has 12 heavy (non-hydrogen) atoms. The molecule has 0 saturated heterocycles. The Balaban J connectivity index is 0. The predicted octanol–water partition coefficient (Wildman–Crippen LogP) is -2.59. The van der Waals surface area contributed by atoms with Crippen molar-refractivity contribution in [3.05, 3.63) is 0 Å². The fraction of sp³-hybridized carbons (Fsp3) is 1.00. The summed E-state index contributed by atoms with van der Waals surface area (Å²) < 4.78 is 9.62. The van der Waals surface area contributed by atoms with E-state index in [-0.39, 0.29) is 60.3 Å². The van der Waals surface area contributed by atoms with Crippen LogP contribution in [-0.2, 0) is 9.47 Å². The van der Waals surface area contributed by atoms with E-state index in [1.54, 1.807) is 0 Å². The van der Waals surface area contributed by atoms with Gasteiger partial charge in [-0.3, -0.25) is 0 Å². The van der Waals surface area contributed by atoms with Crippen LogP contribution in [0.15, 0.2) is 0 Å². The van der Waals surface area contributed by atoms with Crippen LogP contribution in [0.5, 0.6) is 0 Å². The zero-order valence-corrected chi connectivity index (χ0v) is 12.5. The molecule has 2 radical (unpaired) electrons. The van der Waals surface area contributed by atoms with Crippen LogP contribution < -0.4 is 0 Å². The molecule has 3 N–H and O–H groups in total. The van der Waals surface area contributed by atoms with Crippen LogP contribution in [-0.4, -0.2) is 81.9 Å². The summed E-state index contributed by atoms with van der Waals surface area (Å²) in [6.07, 6.45) is -0.741. The molecule has 6 heteroatoms. The van der Waals surface area contributed by atoms with E-state index in [0.29, 0.717) is 0 Å². The third-order valence-corrected chi connectivity index (χ3v) is 0.939. The fourth-order valence-corrected chi connectivity index (χ4v) is 0.522. The molecule has 0 aliphatic carbocycles. The van der Waals surface area contributed by atoms with Gasteiger partial charge in [0.1, 0.15) is 0 Å². The Morgan fingerprint density at radius 1 is 0.917 bits per heavy atom. The van der Waals surface area contributed by atoms with E-state index in [2.05, 4.69) is 0 Å². The maximum atomic E-state index is 8.57. The van der Waals surface area contributed by atoms with Gasteiger partial charge in [0, 0.05) is 0 Å². The van der Waals surface area contributed by atoms with Crippen LogP contribution >= 0.6 is 0 Å². The summed E-state index contributed by atoms with van der Waals surface area (Å²) in [7, 11) is 0. The van der Waals surface area contributed by atoms with E-state index in [0.717, 1.165) is 0 Å². The molecular weight excluding hydrogens is 359 g/mol. The Hall–Kier alpha value is 0.722. The van der Waals surface area contributed by atoms with Gasteiger partial charge in [0.25, 0.3) is 0 Å². The number of hydrogen-bond donors (Lipinski definition) is 3. The normalized spacial score (nSPS) is 10.0. The van der Waals surface area contributed by atoms with Crippen molar-refractivity contribution in [1.82, 2.24) is 0 Å². The summed E-state index contributed by atoms with van der Waals surface area (Å²) >= 11 is 0. The summed E-state index contributed by atoms with van der Waals surface area (Å²) in [6.45, 7) is -0.259. The molecule has 0 aromatic carbocycles. The Bertz CT molecular complexity index is 74.3. The van der Waals surface area contributed by atoms with Crippen LogP contribution in [0.4, 0.5) is 0 Å². The monoisotopic (exact) mass is 376 g/mol. The first kappa shape index (κ1) is 15.2. The number of ether oxygens (including phenoxy) is 2. The molecule has 0 atom stereocenters. The third-order valence-electron chi connectivity index (χ3n) is 0.939. The van der Waals surface area contributed by atoms with Gasteiger partial charge in [-0.15, -0.1) is 0 Å². The first-order valence-corrected chi connectivity index (χ1v) is 3.41. The van der Waals surface area contributed by atoms with Crippen LogP contribution in [0, 0.1) is 0 Å². The molecule has 0 aromatic heterocycles. The third kappa shape index (κ3) is 8.82. The first-order chi connectivity index (χ1) is 5.35. The van der Waals surface area contributed by atoms with E-state index in [1.807, 2.05) is 0 Å². The Labute approximate surface area is 91.5 Å². The Morgan fingerprint density at radius 2 is 1.33 bits per heavy atom. The molecular formula is C6H16O5Pb. The van der Waals surface area contributed by atoms with Crippen molar-refractivity contribution in [2.75, 3.05) is 33.0 Å². The summed E-state index contributed by atoms with van der Waals surface area (Å²) in [5, 5.41) is 25.2. The van der Waals surface area contributed by atoms with Gasteiger partial charge in [0.15, 0.2) is 6.29 Å². The van der Waals surface area contributed by atoms with Crippen LogP contribution in [0.25, 0.3) is 0 Å². The molecule has 0 fully saturated rings. The molecule has 0 amide bonds. The molecule has 0 saturated carbocycles. The SMILES string of the molecule is OCCOC(CO)OCCO.[PbH2]. The van der Waals surface area contributed by atoms with Gasteiger partial charge in [-0.05, 0) is 0 Å². The molecule has 5 nitrogen and oxygen atoms in total. The van der Waals surface area contributed by atoms with Crippen LogP contribution in [0.2, 0.25) is 0 Å². The second-order valence-corrected chi connectivity index (χ2v) is 1.80. The zero-order valence-electron chi connectivity index (χ0n) is 6.98. The van der Waals surface area contributed by atoms with Crippen molar-refractivity contribution in [3.63, 3.8) is 0 Å². The minimum absolute atomic E-state index is 0. The van der Waals surface area contributed by atoms with Crippen molar-refractivity contribution in [1.29, 1.82) is 0 Å². The molecule has 0 spiro atoms. The van der Waals surface area contributed by atoms with Crippen molar-refractivity contribution in [2.24, 2.45) is 0 Å². The van der Waals surface area contributed by atoms with Crippen LogP contribution in [0.3, 0.4) is 0 Å². The van der Waals surface area contributed by atoms with Gasteiger partial charge in [0.2, 0.25) is 0 Å². The first-order valence-electron chi connectivity index (χ1n) is 3.41. The molecule has 0 aliphatic heterocycles. The van der Waals surface area contributed by atoms with E-state index >= 15 is 0 Å². The van der Waals surface area contributed by atoms with Crippen molar-refractivity contribution < 1.29 is 24.8 Å². The van der Waals surface area contributed by atoms with E-state index in [1.165, 1.54) is 0 Å². The average Bonchev–Trinajstić information content (AvgIpc) is 2.05. The number of aliphatic hydroxyl groups is 3. The summed E-state index contributed by atoms with van der Waals surface area (Å²) in [6, 6.07) is 0. The molecule has 0 bridgehead atoms. The van der Waals surface area contributed by atoms with Gasteiger partial charge >= 0.3 is 27.3 Å². The topological polar surface area (TPSA) is 79.2 Å². The van der Waals surface area contributed by atoms with Crippen molar-refractivity contribution >= 4 is 27.3 Å². The number of hydrogen-bond acceptors (Lipinski definition) is 5. The number of aliphatic hydroxyl groups excluding tert-OH is 3. The van der Waals surface area contributed by atoms with E-state index in [9.17, 15) is 0 Å². The second-order valence-electron chi connectivity index (χ2n) is 1.80.